The van der Waals surface area contributed by atoms with Crippen molar-refractivity contribution >= 4 is 17.6 Å². The van der Waals surface area contributed by atoms with Gasteiger partial charge in [-0.2, -0.15) is 0 Å². The fourth-order valence-electron chi connectivity index (χ4n) is 1.51. The van der Waals surface area contributed by atoms with Crippen LogP contribution in [-0.4, -0.2) is 12.0 Å². The Morgan fingerprint density at radius 2 is 2.00 bits per heavy atom. The van der Waals surface area contributed by atoms with Crippen molar-refractivity contribution in [2.45, 2.75) is 32.1 Å². The van der Waals surface area contributed by atoms with Crippen LogP contribution in [0.5, 0.6) is 0 Å². The van der Waals surface area contributed by atoms with Crippen molar-refractivity contribution in [3.63, 3.8) is 0 Å². The summed E-state index contributed by atoms with van der Waals surface area (Å²) in [6.07, 6.45) is 5.53. The van der Waals surface area contributed by atoms with Gasteiger partial charge in [0.15, 0.2) is 6.07 Å². The predicted octanol–water partition coefficient (Wildman–Crippen LogP) is 2.31. The molecule has 0 heterocycles. The van der Waals surface area contributed by atoms with Gasteiger partial charge in [-0.15, -0.1) is 0 Å². The van der Waals surface area contributed by atoms with Crippen molar-refractivity contribution in [2.75, 3.05) is 6.07 Å². The Balaban J connectivity index is 2.27. The zero-order valence-corrected chi connectivity index (χ0v) is 7.27. The van der Waals surface area contributed by atoms with E-state index in [1.54, 1.807) is 0 Å². The molecule has 0 bridgehead atoms. The van der Waals surface area contributed by atoms with Gasteiger partial charge in [-0.3, -0.25) is 4.79 Å². The van der Waals surface area contributed by atoms with E-state index in [9.17, 15) is 4.79 Å². The largest absolute Gasteiger partial charge is 0.449 e. The van der Waals surface area contributed by atoms with Crippen LogP contribution in [0.2, 0.25) is 0 Å². The highest BCUT2D eigenvalue weighted by Gasteiger charge is 2.21. The van der Waals surface area contributed by atoms with Crippen LogP contribution in [0.15, 0.2) is 0 Å². The van der Waals surface area contributed by atoms with Crippen LogP contribution in [0.3, 0.4) is 0 Å². The minimum Gasteiger partial charge on any atom is -0.449 e. The molecule has 3 heteroatoms. The molecule has 1 aliphatic rings. The highest BCUT2D eigenvalue weighted by Crippen LogP contribution is 2.24. The molecule has 0 atom stereocenters. The molecule has 0 amide bonds. The number of ether oxygens (including phenoxy) is 1. The summed E-state index contributed by atoms with van der Waals surface area (Å²) < 4.78 is 4.71. The summed E-state index contributed by atoms with van der Waals surface area (Å²) in [4.78, 5) is 11.1. The van der Waals surface area contributed by atoms with E-state index in [0.717, 1.165) is 25.7 Å². The number of hydrogen-bond donors (Lipinski definition) is 0. The monoisotopic (exact) mass is 176 g/mol. The lowest BCUT2D eigenvalue weighted by atomic mass is 9.89. The van der Waals surface area contributed by atoms with Crippen LogP contribution < -0.4 is 0 Å². The van der Waals surface area contributed by atoms with E-state index in [-0.39, 0.29) is 18.0 Å². The maximum atomic E-state index is 11.1. The number of halogens is 1. The first kappa shape index (κ1) is 8.85. The molecule has 64 valence electrons. The van der Waals surface area contributed by atoms with E-state index in [0.29, 0.717) is 0 Å². The molecule has 0 aromatic carbocycles. The van der Waals surface area contributed by atoms with Crippen molar-refractivity contribution in [2.24, 2.45) is 5.92 Å². The topological polar surface area (TPSA) is 26.3 Å². The number of esters is 1. The molecule has 0 saturated heterocycles. The molecular weight excluding hydrogens is 164 g/mol. The Kier molecular flexibility index (Phi) is 3.70. The Morgan fingerprint density at radius 1 is 1.36 bits per heavy atom. The molecule has 0 aromatic rings. The lowest BCUT2D eigenvalue weighted by molar-refractivity contribution is -0.147. The van der Waals surface area contributed by atoms with E-state index in [1.165, 1.54) is 6.42 Å². The van der Waals surface area contributed by atoms with Crippen molar-refractivity contribution in [1.82, 2.24) is 0 Å². The molecule has 0 unspecified atom stereocenters. The molecule has 0 radical (unpaired) electrons. The fourth-order valence-corrected chi connectivity index (χ4v) is 1.62. The summed E-state index contributed by atoms with van der Waals surface area (Å²) in [5, 5.41) is 0. The number of carbonyl (C=O) groups is 1. The first-order chi connectivity index (χ1) is 5.34. The van der Waals surface area contributed by atoms with Gasteiger partial charge in [-0.05, 0) is 12.8 Å². The van der Waals surface area contributed by atoms with Crippen molar-refractivity contribution in [3.05, 3.63) is 0 Å². The maximum Gasteiger partial charge on any atom is 0.310 e. The lowest BCUT2D eigenvalue weighted by Crippen LogP contribution is -2.19. The molecule has 0 aromatic heterocycles. The van der Waals surface area contributed by atoms with Crippen LogP contribution >= 0.6 is 11.6 Å². The van der Waals surface area contributed by atoms with Gasteiger partial charge in [0.1, 0.15) is 0 Å². The van der Waals surface area contributed by atoms with Gasteiger partial charge in [-0.25, -0.2) is 0 Å². The molecule has 1 fully saturated rings. The number of alkyl halides is 1. The van der Waals surface area contributed by atoms with Crippen molar-refractivity contribution in [1.29, 1.82) is 0 Å². The molecule has 11 heavy (non-hydrogen) atoms. The molecule has 1 aliphatic carbocycles. The van der Waals surface area contributed by atoms with Gasteiger partial charge in [0.05, 0.1) is 5.92 Å². The summed E-state index contributed by atoms with van der Waals surface area (Å²) in [5.74, 6) is 0.0159. The minimum atomic E-state index is -0.111. The first-order valence-electron chi connectivity index (χ1n) is 4.07. The molecule has 1 saturated carbocycles. The summed E-state index contributed by atoms with van der Waals surface area (Å²) in [5.41, 5.74) is 0. The normalized spacial score (nSPS) is 19.7. The second-order valence-corrected chi connectivity index (χ2v) is 3.13. The Hall–Kier alpha value is -0.240. The quantitative estimate of drug-likeness (QED) is 0.477. The number of carbonyl (C=O) groups excluding carboxylic acids is 1. The lowest BCUT2D eigenvalue weighted by Gasteiger charge is -2.18. The molecule has 2 nitrogen and oxygen atoms in total. The van der Waals surface area contributed by atoms with E-state index in [2.05, 4.69) is 0 Å². The molecule has 0 spiro atoms. The predicted molar refractivity (Wildman–Crippen MR) is 43.4 cm³/mol. The summed E-state index contributed by atoms with van der Waals surface area (Å²) in [6, 6.07) is -0.00463. The van der Waals surface area contributed by atoms with Gasteiger partial charge in [0.25, 0.3) is 0 Å². The third-order valence-corrected chi connectivity index (χ3v) is 2.24. The number of hydrogen-bond acceptors (Lipinski definition) is 2. The highest BCUT2D eigenvalue weighted by molar-refractivity contribution is 6.17. The van der Waals surface area contributed by atoms with Crippen molar-refractivity contribution < 1.29 is 9.53 Å². The second kappa shape index (κ2) is 4.60. The number of rotatable bonds is 2. The van der Waals surface area contributed by atoms with Gasteiger partial charge >= 0.3 is 5.97 Å². The summed E-state index contributed by atoms with van der Waals surface area (Å²) >= 11 is 5.27. The fraction of sp³-hybridized carbons (Fsp3) is 0.875. The van der Waals surface area contributed by atoms with E-state index < -0.39 is 0 Å². The minimum absolute atomic E-state index is 0.00463. The summed E-state index contributed by atoms with van der Waals surface area (Å²) in [7, 11) is 0. The standard InChI is InChI=1S/C8H13ClO2/c9-6-11-8(10)7-4-2-1-3-5-7/h7H,1-6H2. The third kappa shape index (κ3) is 2.70. The molecule has 0 aliphatic heterocycles. The smallest absolute Gasteiger partial charge is 0.310 e. The average Bonchev–Trinajstić information content (AvgIpc) is 2.07. The third-order valence-electron chi connectivity index (χ3n) is 2.14. The maximum absolute atomic E-state index is 11.1. The van der Waals surface area contributed by atoms with Gasteiger partial charge < -0.3 is 4.74 Å². The zero-order chi connectivity index (χ0) is 8.10. The summed E-state index contributed by atoms with van der Waals surface area (Å²) in [6.45, 7) is 0. The van der Waals surface area contributed by atoms with Crippen LogP contribution in [0.4, 0.5) is 0 Å². The Labute approximate surface area is 71.9 Å². The van der Waals surface area contributed by atoms with Crippen LogP contribution in [0.25, 0.3) is 0 Å². The average molecular weight is 177 g/mol. The van der Waals surface area contributed by atoms with E-state index >= 15 is 0 Å². The zero-order valence-electron chi connectivity index (χ0n) is 6.51. The SMILES string of the molecule is O=C(OCCl)C1CCCCC1. The van der Waals surface area contributed by atoms with Crippen LogP contribution in [-0.2, 0) is 9.53 Å². The van der Waals surface area contributed by atoms with Gasteiger partial charge in [-0.1, -0.05) is 30.9 Å². The van der Waals surface area contributed by atoms with Gasteiger partial charge in [0.2, 0.25) is 0 Å². The van der Waals surface area contributed by atoms with E-state index in [1.807, 2.05) is 0 Å². The second-order valence-electron chi connectivity index (χ2n) is 2.91. The van der Waals surface area contributed by atoms with Crippen LogP contribution in [0.1, 0.15) is 32.1 Å². The van der Waals surface area contributed by atoms with E-state index in [4.69, 9.17) is 16.3 Å². The molecule has 0 N–H and O–H groups in total. The van der Waals surface area contributed by atoms with Crippen LogP contribution in [0, 0.1) is 5.92 Å². The molecular formula is C8H13ClO2. The van der Waals surface area contributed by atoms with Crippen molar-refractivity contribution in [3.8, 4) is 0 Å². The molecule has 1 rings (SSSR count). The van der Waals surface area contributed by atoms with Gasteiger partial charge in [0, 0.05) is 0 Å². The highest BCUT2D eigenvalue weighted by atomic mass is 35.5. The Morgan fingerprint density at radius 3 is 2.55 bits per heavy atom. The first-order valence-corrected chi connectivity index (χ1v) is 4.60. The Bertz CT molecular complexity index is 130.